The molecule has 1 saturated carbocycles. The van der Waals surface area contributed by atoms with Crippen LogP contribution in [0, 0.1) is 13.8 Å². The topological polar surface area (TPSA) is 51.6 Å². The van der Waals surface area contributed by atoms with Crippen LogP contribution in [0.15, 0.2) is 72.8 Å². The molecule has 4 nitrogen and oxygen atoms in total. The van der Waals surface area contributed by atoms with Crippen molar-refractivity contribution in [1.82, 2.24) is 19.9 Å². The average Bonchev–Trinajstić information content (AvgIpc) is 2.73. The first-order chi connectivity index (χ1) is 15.5. The van der Waals surface area contributed by atoms with Crippen LogP contribution >= 0.6 is 23.2 Å². The van der Waals surface area contributed by atoms with Gasteiger partial charge < -0.3 is 0 Å². The van der Waals surface area contributed by atoms with Crippen LogP contribution in [0.2, 0.25) is 10.6 Å². The van der Waals surface area contributed by atoms with E-state index in [-0.39, 0.29) is 34.2 Å². The molecule has 0 radical (unpaired) electrons. The third kappa shape index (κ3) is 3.89. The molecule has 0 bridgehead atoms. The van der Waals surface area contributed by atoms with Gasteiger partial charge in [0.05, 0.1) is 0 Å². The van der Waals surface area contributed by atoms with E-state index in [4.69, 9.17) is 23.2 Å². The van der Waals surface area contributed by atoms with Gasteiger partial charge in [-0.3, -0.25) is 0 Å². The molecule has 160 valence electrons. The molecule has 32 heavy (non-hydrogen) atoms. The summed E-state index contributed by atoms with van der Waals surface area (Å²) in [5.74, 6) is 0.574. The molecule has 0 spiro atoms. The lowest BCUT2D eigenvalue weighted by molar-refractivity contribution is 0.219. The number of nitrogens with zero attached hydrogens (tertiary/aromatic N) is 4. The van der Waals surface area contributed by atoms with E-state index in [0.717, 1.165) is 22.8 Å². The molecule has 1 aliphatic rings. The Bertz CT molecular complexity index is 1100. The van der Waals surface area contributed by atoms with Crippen LogP contribution < -0.4 is 0 Å². The minimum Gasteiger partial charge on any atom is -0.223 e. The van der Waals surface area contributed by atoms with E-state index in [1.54, 1.807) is 0 Å². The molecule has 4 aromatic rings. The predicted molar refractivity (Wildman–Crippen MR) is 127 cm³/mol. The number of hydrogen-bond acceptors (Lipinski definition) is 4. The summed E-state index contributed by atoms with van der Waals surface area (Å²) in [6, 6.07) is 25.2. The number of hydrogen-bond donors (Lipinski definition) is 0. The van der Waals surface area contributed by atoms with Gasteiger partial charge in [-0.1, -0.05) is 60.7 Å². The highest BCUT2D eigenvalue weighted by molar-refractivity contribution is 6.28. The molecule has 0 aliphatic heterocycles. The fourth-order valence-corrected chi connectivity index (χ4v) is 5.58. The molecular formula is C26H22Cl2N4. The molecule has 0 amide bonds. The van der Waals surface area contributed by atoms with E-state index in [0.29, 0.717) is 0 Å². The van der Waals surface area contributed by atoms with Crippen LogP contribution in [-0.2, 0) is 0 Å². The molecule has 0 atom stereocenters. The van der Waals surface area contributed by atoms with Crippen LogP contribution in [0.1, 0.15) is 57.6 Å². The third-order valence-electron chi connectivity index (χ3n) is 6.29. The first-order valence-electron chi connectivity index (χ1n) is 10.6. The van der Waals surface area contributed by atoms with Gasteiger partial charge in [0.1, 0.15) is 0 Å². The highest BCUT2D eigenvalue weighted by Crippen LogP contribution is 2.66. The highest BCUT2D eigenvalue weighted by Gasteiger charge is 2.54. The van der Waals surface area contributed by atoms with Gasteiger partial charge in [-0.25, -0.2) is 19.9 Å². The van der Waals surface area contributed by atoms with Crippen molar-refractivity contribution >= 4 is 23.2 Å². The largest absolute Gasteiger partial charge is 0.223 e. The molecule has 5 rings (SSSR count). The van der Waals surface area contributed by atoms with Gasteiger partial charge in [-0.2, -0.15) is 0 Å². The minimum absolute atomic E-state index is 0.123. The fraction of sp³-hybridized carbons (Fsp3) is 0.231. The number of aromatic nitrogens is 4. The lowest BCUT2D eigenvalue weighted by atomic mass is 9.50. The summed E-state index contributed by atoms with van der Waals surface area (Å²) in [5, 5.41) is 0.561. The van der Waals surface area contributed by atoms with Gasteiger partial charge in [0.25, 0.3) is 0 Å². The monoisotopic (exact) mass is 460 g/mol. The normalized spacial score (nSPS) is 22.4. The van der Waals surface area contributed by atoms with E-state index in [1.165, 1.54) is 11.1 Å². The van der Waals surface area contributed by atoms with Crippen molar-refractivity contribution in [3.63, 3.8) is 0 Å². The van der Waals surface area contributed by atoms with Crippen molar-refractivity contribution in [2.24, 2.45) is 0 Å². The molecule has 2 heterocycles. The average molecular weight is 461 g/mol. The van der Waals surface area contributed by atoms with E-state index < -0.39 is 0 Å². The van der Waals surface area contributed by atoms with Gasteiger partial charge in [0.15, 0.2) is 0 Å². The van der Waals surface area contributed by atoms with Gasteiger partial charge in [0, 0.05) is 46.4 Å². The number of aryl methyl sites for hydroxylation is 2. The number of halogens is 2. The summed E-state index contributed by atoms with van der Waals surface area (Å²) >= 11 is 12.6. The third-order valence-corrected chi connectivity index (χ3v) is 6.63. The molecule has 1 fully saturated rings. The number of benzene rings is 2. The van der Waals surface area contributed by atoms with Crippen molar-refractivity contribution in [2.75, 3.05) is 0 Å². The van der Waals surface area contributed by atoms with Gasteiger partial charge >= 0.3 is 0 Å². The quantitative estimate of drug-likeness (QED) is 0.320. The van der Waals surface area contributed by atoms with Crippen LogP contribution in [-0.4, -0.2) is 19.9 Å². The Balaban J connectivity index is 1.72. The second kappa shape index (κ2) is 8.61. The Morgan fingerprint density at radius 1 is 0.531 bits per heavy atom. The van der Waals surface area contributed by atoms with Crippen LogP contribution in [0.3, 0.4) is 0 Å². The van der Waals surface area contributed by atoms with E-state index in [9.17, 15) is 0 Å². The van der Waals surface area contributed by atoms with Crippen LogP contribution in [0.5, 0.6) is 0 Å². The van der Waals surface area contributed by atoms with Crippen molar-refractivity contribution in [3.05, 3.63) is 117 Å². The van der Waals surface area contributed by atoms with E-state index in [2.05, 4.69) is 80.6 Å². The maximum atomic E-state index is 6.30. The second-order valence-corrected chi connectivity index (χ2v) is 9.01. The van der Waals surface area contributed by atoms with E-state index in [1.807, 2.05) is 26.0 Å². The van der Waals surface area contributed by atoms with Crippen molar-refractivity contribution in [2.45, 2.75) is 37.5 Å². The molecule has 6 heteroatoms. The maximum Gasteiger partial charge on any atom is 0.222 e. The zero-order valence-corrected chi connectivity index (χ0v) is 19.3. The minimum atomic E-state index is 0.123. The van der Waals surface area contributed by atoms with Crippen LogP contribution in [0.4, 0.5) is 0 Å². The Labute approximate surface area is 197 Å². The van der Waals surface area contributed by atoms with Crippen molar-refractivity contribution < 1.29 is 0 Å². The Morgan fingerprint density at radius 2 is 0.906 bits per heavy atom. The summed E-state index contributed by atoms with van der Waals surface area (Å²) in [6.45, 7) is 3.91. The van der Waals surface area contributed by atoms with E-state index >= 15 is 0 Å². The molecule has 0 saturated heterocycles. The highest BCUT2D eigenvalue weighted by atomic mass is 35.5. The fourth-order valence-electron chi connectivity index (χ4n) is 5.12. The molecular weight excluding hydrogens is 439 g/mol. The molecule has 0 unspecified atom stereocenters. The molecule has 2 aromatic heterocycles. The predicted octanol–water partition coefficient (Wildman–Crippen LogP) is 6.64. The van der Waals surface area contributed by atoms with Gasteiger partial charge in [0.2, 0.25) is 10.6 Å². The number of rotatable bonds is 4. The first kappa shape index (κ1) is 21.0. The maximum absolute atomic E-state index is 6.30. The van der Waals surface area contributed by atoms with Gasteiger partial charge in [-0.15, -0.1) is 0 Å². The SMILES string of the molecule is Cc1cc([C@H]2[C@H](c3ccccc3)[C@H](c3cc(C)nc(Cl)n3)[C@H]2c2ccccc2)nc(Cl)n1. The summed E-state index contributed by atoms with van der Waals surface area (Å²) in [7, 11) is 0. The molecule has 0 N–H and O–H groups in total. The Hall–Kier alpha value is -2.82. The van der Waals surface area contributed by atoms with Crippen LogP contribution in [0.25, 0.3) is 0 Å². The standard InChI is InChI=1S/C26H22Cl2N4/c1-15-13-19(31-25(27)29-15)23-21(17-9-5-3-6-10-17)24(20-14-16(2)30-26(28)32-20)22(23)18-11-7-4-8-12-18/h3-14,21-24H,1-2H3/t21-,22-,23-,24-. The first-order valence-corrected chi connectivity index (χ1v) is 11.4. The summed E-state index contributed by atoms with van der Waals surface area (Å²) in [6.07, 6.45) is 0. The molecule has 2 aromatic carbocycles. The summed E-state index contributed by atoms with van der Waals surface area (Å²) < 4.78 is 0. The second-order valence-electron chi connectivity index (χ2n) is 8.33. The molecule has 1 aliphatic carbocycles. The smallest absolute Gasteiger partial charge is 0.222 e. The zero-order chi connectivity index (χ0) is 22.2. The summed E-state index contributed by atoms with van der Waals surface area (Å²) in [4.78, 5) is 17.9. The summed E-state index contributed by atoms with van der Waals surface area (Å²) in [5.41, 5.74) is 6.13. The van der Waals surface area contributed by atoms with Crippen molar-refractivity contribution in [3.8, 4) is 0 Å². The Kier molecular flexibility index (Phi) is 5.66. The van der Waals surface area contributed by atoms with Gasteiger partial charge in [-0.05, 0) is 60.3 Å². The zero-order valence-electron chi connectivity index (χ0n) is 17.8. The lowest BCUT2D eigenvalue weighted by Gasteiger charge is -2.52. The Morgan fingerprint density at radius 3 is 1.25 bits per heavy atom. The van der Waals surface area contributed by atoms with Crippen molar-refractivity contribution in [1.29, 1.82) is 0 Å². The lowest BCUT2D eigenvalue weighted by Crippen LogP contribution is -2.41.